The number of halogens is 1. The molecule has 150 valence electrons. The first-order chi connectivity index (χ1) is 13.0. The van der Waals surface area contributed by atoms with E-state index in [1.165, 1.54) is 5.56 Å². The number of hydrogen-bond acceptors (Lipinski definition) is 4. The fraction of sp³-hybridized carbons (Fsp3) is 0.286. The largest absolute Gasteiger partial charge is 0.315 e. The Morgan fingerprint density at radius 3 is 2.57 bits per heavy atom. The molecule has 1 atom stereocenters. The first kappa shape index (κ1) is 22.3. The highest BCUT2D eigenvalue weighted by atomic mass is 35.5. The number of aryl methyl sites for hydroxylation is 1. The van der Waals surface area contributed by atoms with Gasteiger partial charge in [0.25, 0.3) is 0 Å². The van der Waals surface area contributed by atoms with Gasteiger partial charge in [0.2, 0.25) is 10.0 Å². The highest BCUT2D eigenvalue weighted by molar-refractivity contribution is 7.89. The Kier molecular flexibility index (Phi) is 7.95. The van der Waals surface area contributed by atoms with Crippen molar-refractivity contribution in [2.24, 2.45) is 0 Å². The van der Waals surface area contributed by atoms with Crippen molar-refractivity contribution in [3.8, 4) is 0 Å². The second-order valence-corrected chi connectivity index (χ2v) is 8.52. The van der Waals surface area contributed by atoms with Crippen LogP contribution in [0.5, 0.6) is 0 Å². The van der Waals surface area contributed by atoms with Gasteiger partial charge in [0, 0.05) is 30.4 Å². The highest BCUT2D eigenvalue weighted by Gasteiger charge is 2.18. The van der Waals surface area contributed by atoms with Crippen LogP contribution >= 0.6 is 12.4 Å². The minimum Gasteiger partial charge on any atom is -0.315 e. The van der Waals surface area contributed by atoms with Gasteiger partial charge in [0.15, 0.2) is 0 Å². The van der Waals surface area contributed by atoms with Crippen LogP contribution in [0, 0.1) is 6.92 Å². The Balaban J connectivity index is 0.00000280. The summed E-state index contributed by atoms with van der Waals surface area (Å²) in [4.78, 5) is 4.42. The van der Waals surface area contributed by atoms with Crippen LogP contribution in [-0.2, 0) is 16.4 Å². The summed E-state index contributed by atoms with van der Waals surface area (Å²) in [7, 11) is -3.57. The lowest BCUT2D eigenvalue weighted by Crippen LogP contribution is -2.40. The molecule has 1 heterocycles. The second kappa shape index (κ2) is 9.98. The number of benzene rings is 2. The zero-order chi connectivity index (χ0) is 19.3. The zero-order valence-electron chi connectivity index (χ0n) is 16.1. The zero-order valence-corrected chi connectivity index (χ0v) is 17.7. The van der Waals surface area contributed by atoms with Crippen molar-refractivity contribution < 1.29 is 8.42 Å². The van der Waals surface area contributed by atoms with E-state index in [1.54, 1.807) is 30.6 Å². The van der Waals surface area contributed by atoms with Crippen LogP contribution in [0.3, 0.4) is 0 Å². The van der Waals surface area contributed by atoms with E-state index in [0.29, 0.717) is 6.54 Å². The van der Waals surface area contributed by atoms with E-state index in [1.807, 2.05) is 32.0 Å². The third-order valence-corrected chi connectivity index (χ3v) is 6.07. The van der Waals surface area contributed by atoms with Gasteiger partial charge in [-0.05, 0) is 55.5 Å². The predicted molar refractivity (Wildman–Crippen MR) is 117 cm³/mol. The molecular weight excluding hydrogens is 394 g/mol. The normalized spacial score (nSPS) is 12.5. The lowest BCUT2D eigenvalue weighted by Gasteiger charge is -2.15. The molecule has 0 saturated heterocycles. The SMILES string of the molecule is Cc1cncc2ccc(S(=O)(=O)N[C@H](C)CNCCc3ccccc3)cc12.Cl. The molecule has 3 rings (SSSR count). The molecule has 3 aromatic rings. The van der Waals surface area contributed by atoms with E-state index in [4.69, 9.17) is 0 Å². The first-order valence-electron chi connectivity index (χ1n) is 9.07. The summed E-state index contributed by atoms with van der Waals surface area (Å²) in [6.07, 6.45) is 4.40. The molecule has 1 aromatic heterocycles. The van der Waals surface area contributed by atoms with Gasteiger partial charge in [-0.25, -0.2) is 13.1 Å². The standard InChI is InChI=1S/C21H25N3O2S.ClH/c1-16-13-23-15-19-8-9-20(12-21(16)19)27(25,26)24-17(2)14-22-11-10-18-6-4-3-5-7-18;/h3-9,12-13,15,17,22,24H,10-11,14H2,1-2H3;1H/t17-;/m1./s1. The summed E-state index contributed by atoms with van der Waals surface area (Å²) in [6, 6.07) is 15.1. The Bertz CT molecular complexity index is 1010. The van der Waals surface area contributed by atoms with Crippen molar-refractivity contribution in [1.29, 1.82) is 0 Å². The molecule has 7 heteroatoms. The second-order valence-electron chi connectivity index (χ2n) is 6.80. The lowest BCUT2D eigenvalue weighted by atomic mass is 10.1. The molecule has 0 fully saturated rings. The highest BCUT2D eigenvalue weighted by Crippen LogP contribution is 2.21. The molecule has 0 aliphatic rings. The quantitative estimate of drug-likeness (QED) is 0.548. The summed E-state index contributed by atoms with van der Waals surface area (Å²) >= 11 is 0. The molecule has 5 nitrogen and oxygen atoms in total. The maximum atomic E-state index is 12.7. The van der Waals surface area contributed by atoms with Crippen LogP contribution < -0.4 is 10.0 Å². The molecule has 0 saturated carbocycles. The van der Waals surface area contributed by atoms with Crippen LogP contribution in [0.2, 0.25) is 0 Å². The van der Waals surface area contributed by atoms with Gasteiger partial charge in [-0.3, -0.25) is 4.98 Å². The van der Waals surface area contributed by atoms with E-state index in [2.05, 4.69) is 27.2 Å². The fourth-order valence-electron chi connectivity index (χ4n) is 3.03. The number of aromatic nitrogens is 1. The van der Waals surface area contributed by atoms with Crippen molar-refractivity contribution >= 4 is 33.2 Å². The maximum Gasteiger partial charge on any atom is 0.240 e. The van der Waals surface area contributed by atoms with Gasteiger partial charge in [-0.1, -0.05) is 36.4 Å². The van der Waals surface area contributed by atoms with Crippen molar-refractivity contribution in [2.45, 2.75) is 31.2 Å². The van der Waals surface area contributed by atoms with Gasteiger partial charge in [0.05, 0.1) is 4.90 Å². The minimum atomic E-state index is -3.57. The van der Waals surface area contributed by atoms with Gasteiger partial charge in [-0.2, -0.15) is 0 Å². The summed E-state index contributed by atoms with van der Waals surface area (Å²) in [5.74, 6) is 0. The molecule has 0 spiro atoms. The molecule has 0 bridgehead atoms. The van der Waals surface area contributed by atoms with Crippen LogP contribution in [0.1, 0.15) is 18.1 Å². The number of pyridine rings is 1. The molecule has 0 aliphatic carbocycles. The van der Waals surface area contributed by atoms with E-state index >= 15 is 0 Å². The molecule has 0 amide bonds. The Morgan fingerprint density at radius 2 is 1.82 bits per heavy atom. The molecule has 0 unspecified atom stereocenters. The maximum absolute atomic E-state index is 12.7. The molecule has 0 aliphatic heterocycles. The van der Waals surface area contributed by atoms with Crippen molar-refractivity contribution in [1.82, 2.24) is 15.0 Å². The van der Waals surface area contributed by atoms with E-state index in [9.17, 15) is 8.42 Å². The third-order valence-electron chi connectivity index (χ3n) is 4.48. The van der Waals surface area contributed by atoms with Gasteiger partial charge < -0.3 is 5.32 Å². The van der Waals surface area contributed by atoms with E-state index in [-0.39, 0.29) is 23.3 Å². The van der Waals surface area contributed by atoms with Crippen LogP contribution in [0.15, 0.2) is 65.8 Å². The van der Waals surface area contributed by atoms with Gasteiger partial charge in [0.1, 0.15) is 0 Å². The van der Waals surface area contributed by atoms with Crippen molar-refractivity contribution in [3.63, 3.8) is 0 Å². The molecule has 2 aromatic carbocycles. The number of nitrogens with one attached hydrogen (secondary N) is 2. The predicted octanol–water partition coefficient (Wildman–Crippen LogP) is 3.46. The Labute approximate surface area is 173 Å². The van der Waals surface area contributed by atoms with E-state index in [0.717, 1.165) is 29.3 Å². The Morgan fingerprint density at radius 1 is 1.07 bits per heavy atom. The summed E-state index contributed by atoms with van der Waals surface area (Å²) < 4.78 is 28.1. The molecule has 2 N–H and O–H groups in total. The average molecular weight is 420 g/mol. The van der Waals surface area contributed by atoms with Gasteiger partial charge >= 0.3 is 0 Å². The van der Waals surface area contributed by atoms with Crippen molar-refractivity contribution in [3.05, 3.63) is 72.1 Å². The summed E-state index contributed by atoms with van der Waals surface area (Å²) in [6.45, 7) is 5.17. The van der Waals surface area contributed by atoms with Crippen LogP contribution in [0.25, 0.3) is 10.8 Å². The molecule has 0 radical (unpaired) electrons. The summed E-state index contributed by atoms with van der Waals surface area (Å²) in [5.41, 5.74) is 2.22. The minimum absolute atomic E-state index is 0. The smallest absolute Gasteiger partial charge is 0.240 e. The average Bonchev–Trinajstić information content (AvgIpc) is 2.66. The first-order valence-corrected chi connectivity index (χ1v) is 10.6. The number of fused-ring (bicyclic) bond motifs is 1. The van der Waals surface area contributed by atoms with Crippen molar-refractivity contribution in [2.75, 3.05) is 13.1 Å². The molecular formula is C21H26ClN3O2S. The number of hydrogen-bond donors (Lipinski definition) is 2. The van der Waals surface area contributed by atoms with Gasteiger partial charge in [-0.15, -0.1) is 12.4 Å². The molecule has 28 heavy (non-hydrogen) atoms. The summed E-state index contributed by atoms with van der Waals surface area (Å²) in [5, 5.41) is 5.15. The lowest BCUT2D eigenvalue weighted by molar-refractivity contribution is 0.537. The van der Waals surface area contributed by atoms with Crippen LogP contribution in [-0.4, -0.2) is 32.5 Å². The van der Waals surface area contributed by atoms with E-state index < -0.39 is 10.0 Å². The number of sulfonamides is 1. The monoisotopic (exact) mass is 419 g/mol. The fourth-order valence-corrected chi connectivity index (χ4v) is 4.30. The number of rotatable bonds is 8. The topological polar surface area (TPSA) is 71.1 Å². The number of nitrogens with zero attached hydrogens (tertiary/aromatic N) is 1. The van der Waals surface area contributed by atoms with Crippen LogP contribution in [0.4, 0.5) is 0 Å². The Hall–Kier alpha value is -1.99. The third kappa shape index (κ3) is 5.75.